The molecule has 0 bridgehead atoms. The van der Waals surface area contributed by atoms with E-state index >= 15 is 0 Å². The monoisotopic (exact) mass is 284 g/mol. The van der Waals surface area contributed by atoms with E-state index < -0.39 is 0 Å². The Labute approximate surface area is 125 Å². The second-order valence-electron chi connectivity index (χ2n) is 5.70. The lowest BCUT2D eigenvalue weighted by molar-refractivity contribution is -0.126. The van der Waals surface area contributed by atoms with E-state index in [-0.39, 0.29) is 11.8 Å². The molecule has 0 aliphatic carbocycles. The molecule has 21 heavy (non-hydrogen) atoms. The molecule has 2 aliphatic rings. The van der Waals surface area contributed by atoms with Crippen LogP contribution >= 0.6 is 0 Å². The normalized spacial score (nSPS) is 17.5. The summed E-state index contributed by atoms with van der Waals surface area (Å²) in [6, 6.07) is 5.91. The second-order valence-corrected chi connectivity index (χ2v) is 5.70. The summed E-state index contributed by atoms with van der Waals surface area (Å²) in [5, 5.41) is 0. The van der Waals surface area contributed by atoms with Crippen LogP contribution in [0.5, 0.6) is 0 Å². The van der Waals surface area contributed by atoms with Crippen LogP contribution in [-0.2, 0) is 17.8 Å². The average Bonchev–Trinajstić information content (AvgIpc) is 3.06. The number of amides is 2. The number of carbonyl (C=O) groups excluding carboxylic acids is 2. The van der Waals surface area contributed by atoms with Crippen LogP contribution in [0.1, 0.15) is 34.3 Å². The Morgan fingerprint density at radius 3 is 2.52 bits per heavy atom. The molecular weight excluding hydrogens is 264 g/mol. The molecule has 0 unspecified atom stereocenters. The molecule has 4 heteroatoms. The van der Waals surface area contributed by atoms with Gasteiger partial charge in [0.25, 0.3) is 5.91 Å². The second kappa shape index (κ2) is 5.72. The number of carbonyl (C=O) groups is 2. The number of fused-ring (bicyclic) bond motifs is 1. The molecule has 3 rings (SSSR count). The van der Waals surface area contributed by atoms with Crippen LogP contribution in [0.15, 0.2) is 30.9 Å². The molecule has 0 atom stereocenters. The lowest BCUT2D eigenvalue weighted by Crippen LogP contribution is -2.35. The number of likely N-dealkylation sites (tertiary alicyclic amines) is 1. The first-order valence-corrected chi connectivity index (χ1v) is 7.51. The molecule has 0 aromatic heterocycles. The first kappa shape index (κ1) is 13.9. The lowest BCUT2D eigenvalue weighted by Gasteiger charge is -2.28. The van der Waals surface area contributed by atoms with E-state index in [2.05, 4.69) is 6.58 Å². The van der Waals surface area contributed by atoms with Crippen molar-refractivity contribution in [3.8, 4) is 0 Å². The minimum Gasteiger partial charge on any atom is -0.339 e. The SMILES string of the molecule is C=CC(=O)N1CCc2ccc(C(=O)N3CCCC3)cc2C1. The Balaban J connectivity index is 1.82. The van der Waals surface area contributed by atoms with Crippen LogP contribution in [0.3, 0.4) is 0 Å². The van der Waals surface area contributed by atoms with Crippen molar-refractivity contribution >= 4 is 11.8 Å². The summed E-state index contributed by atoms with van der Waals surface area (Å²) >= 11 is 0. The van der Waals surface area contributed by atoms with E-state index in [1.165, 1.54) is 11.6 Å². The van der Waals surface area contributed by atoms with E-state index in [9.17, 15) is 9.59 Å². The highest BCUT2D eigenvalue weighted by Crippen LogP contribution is 2.22. The van der Waals surface area contributed by atoms with Gasteiger partial charge in [-0.2, -0.15) is 0 Å². The summed E-state index contributed by atoms with van der Waals surface area (Å²) in [6.45, 7) is 6.54. The maximum absolute atomic E-state index is 12.4. The maximum atomic E-state index is 12.4. The van der Waals surface area contributed by atoms with Crippen molar-refractivity contribution in [3.05, 3.63) is 47.5 Å². The molecule has 110 valence electrons. The van der Waals surface area contributed by atoms with Crippen molar-refractivity contribution in [2.75, 3.05) is 19.6 Å². The number of hydrogen-bond acceptors (Lipinski definition) is 2. The fraction of sp³-hybridized carbons (Fsp3) is 0.412. The highest BCUT2D eigenvalue weighted by Gasteiger charge is 2.23. The molecule has 2 amide bonds. The van der Waals surface area contributed by atoms with Gasteiger partial charge in [-0.05, 0) is 48.6 Å². The van der Waals surface area contributed by atoms with Gasteiger partial charge >= 0.3 is 0 Å². The Morgan fingerprint density at radius 1 is 1.05 bits per heavy atom. The van der Waals surface area contributed by atoms with Crippen LogP contribution in [0.25, 0.3) is 0 Å². The fourth-order valence-corrected chi connectivity index (χ4v) is 3.11. The Morgan fingerprint density at radius 2 is 1.81 bits per heavy atom. The topological polar surface area (TPSA) is 40.6 Å². The zero-order valence-electron chi connectivity index (χ0n) is 12.2. The molecule has 0 spiro atoms. The molecule has 1 saturated heterocycles. The molecule has 4 nitrogen and oxygen atoms in total. The van der Waals surface area contributed by atoms with Gasteiger partial charge < -0.3 is 9.80 Å². The minimum absolute atomic E-state index is 0.0445. The molecule has 0 saturated carbocycles. The number of benzene rings is 1. The van der Waals surface area contributed by atoms with Gasteiger partial charge in [-0.1, -0.05) is 12.6 Å². The molecule has 0 radical (unpaired) electrons. The van der Waals surface area contributed by atoms with E-state index in [4.69, 9.17) is 0 Å². The minimum atomic E-state index is -0.0445. The average molecular weight is 284 g/mol. The molecule has 1 aromatic rings. The number of rotatable bonds is 2. The summed E-state index contributed by atoms with van der Waals surface area (Å²) in [5.74, 6) is 0.0689. The summed E-state index contributed by atoms with van der Waals surface area (Å²) < 4.78 is 0. The Hall–Kier alpha value is -2.10. The highest BCUT2D eigenvalue weighted by atomic mass is 16.2. The first-order chi connectivity index (χ1) is 10.2. The van der Waals surface area contributed by atoms with E-state index in [1.807, 2.05) is 23.1 Å². The summed E-state index contributed by atoms with van der Waals surface area (Å²) in [5.41, 5.74) is 3.06. The van der Waals surface area contributed by atoms with Crippen molar-refractivity contribution in [3.63, 3.8) is 0 Å². The quantitative estimate of drug-likeness (QED) is 0.779. The van der Waals surface area contributed by atoms with E-state index in [0.717, 1.165) is 50.0 Å². The van der Waals surface area contributed by atoms with Crippen molar-refractivity contribution < 1.29 is 9.59 Å². The molecule has 0 N–H and O–H groups in total. The van der Waals surface area contributed by atoms with Crippen molar-refractivity contribution in [1.82, 2.24) is 9.80 Å². The van der Waals surface area contributed by atoms with Crippen LogP contribution < -0.4 is 0 Å². The van der Waals surface area contributed by atoms with Crippen LogP contribution in [-0.4, -0.2) is 41.2 Å². The standard InChI is InChI=1S/C17H20N2O2/c1-2-16(20)19-10-7-13-5-6-14(11-15(13)12-19)17(21)18-8-3-4-9-18/h2,5-6,11H,1,3-4,7-10,12H2. The summed E-state index contributed by atoms with van der Waals surface area (Å²) in [7, 11) is 0. The third kappa shape index (κ3) is 2.71. The zero-order chi connectivity index (χ0) is 14.8. The lowest BCUT2D eigenvalue weighted by atomic mass is 9.97. The van der Waals surface area contributed by atoms with Gasteiger partial charge in [0.1, 0.15) is 0 Å². The predicted molar refractivity (Wildman–Crippen MR) is 80.9 cm³/mol. The molecule has 1 aromatic carbocycles. The van der Waals surface area contributed by atoms with Gasteiger partial charge in [0.15, 0.2) is 0 Å². The molecule has 2 aliphatic heterocycles. The van der Waals surface area contributed by atoms with Crippen LogP contribution in [0.4, 0.5) is 0 Å². The highest BCUT2D eigenvalue weighted by molar-refractivity contribution is 5.94. The van der Waals surface area contributed by atoms with Crippen LogP contribution in [0.2, 0.25) is 0 Å². The third-order valence-corrected chi connectivity index (χ3v) is 4.35. The van der Waals surface area contributed by atoms with E-state index in [1.54, 1.807) is 4.90 Å². The van der Waals surface area contributed by atoms with Crippen molar-refractivity contribution in [2.24, 2.45) is 0 Å². The van der Waals surface area contributed by atoms with Gasteiger partial charge in [0, 0.05) is 31.7 Å². The van der Waals surface area contributed by atoms with Crippen LogP contribution in [0, 0.1) is 0 Å². The summed E-state index contributed by atoms with van der Waals surface area (Å²) in [6.07, 6.45) is 4.38. The predicted octanol–water partition coefficient (Wildman–Crippen LogP) is 1.99. The zero-order valence-corrected chi connectivity index (χ0v) is 12.2. The Kier molecular flexibility index (Phi) is 3.78. The number of nitrogens with zero attached hydrogens (tertiary/aromatic N) is 2. The molecular formula is C17H20N2O2. The fourth-order valence-electron chi connectivity index (χ4n) is 3.11. The molecule has 1 fully saturated rings. The molecule has 2 heterocycles. The number of hydrogen-bond donors (Lipinski definition) is 0. The first-order valence-electron chi connectivity index (χ1n) is 7.51. The van der Waals surface area contributed by atoms with Gasteiger partial charge in [0.2, 0.25) is 5.91 Å². The maximum Gasteiger partial charge on any atom is 0.253 e. The van der Waals surface area contributed by atoms with Gasteiger partial charge in [-0.25, -0.2) is 0 Å². The van der Waals surface area contributed by atoms with Crippen molar-refractivity contribution in [1.29, 1.82) is 0 Å². The smallest absolute Gasteiger partial charge is 0.253 e. The van der Waals surface area contributed by atoms with Gasteiger partial charge in [-0.3, -0.25) is 9.59 Å². The van der Waals surface area contributed by atoms with Gasteiger partial charge in [0.05, 0.1) is 0 Å². The Bertz CT molecular complexity index is 588. The van der Waals surface area contributed by atoms with Gasteiger partial charge in [-0.15, -0.1) is 0 Å². The summed E-state index contributed by atoms with van der Waals surface area (Å²) in [4.78, 5) is 27.9. The third-order valence-electron chi connectivity index (χ3n) is 4.35. The largest absolute Gasteiger partial charge is 0.339 e. The van der Waals surface area contributed by atoms with E-state index in [0.29, 0.717) is 6.54 Å². The van der Waals surface area contributed by atoms with Crippen molar-refractivity contribution in [2.45, 2.75) is 25.8 Å².